The molecule has 6 nitrogen and oxygen atoms in total. The third-order valence-electron chi connectivity index (χ3n) is 3.67. The minimum Gasteiger partial charge on any atom is -0.478 e. The molecule has 0 spiro atoms. The molecule has 21 heavy (non-hydrogen) atoms. The SMILES string of the molecule is Cc1oc(CNC(=O)CCC2CCC(C)O2)cc1C(=O)O. The molecule has 1 aromatic rings. The summed E-state index contributed by atoms with van der Waals surface area (Å²) >= 11 is 0. The quantitative estimate of drug-likeness (QED) is 0.840. The van der Waals surface area contributed by atoms with E-state index >= 15 is 0 Å². The molecule has 2 unspecified atom stereocenters. The van der Waals surface area contributed by atoms with E-state index in [1.165, 1.54) is 6.07 Å². The van der Waals surface area contributed by atoms with Crippen LogP contribution in [0.3, 0.4) is 0 Å². The molecular weight excluding hydrogens is 274 g/mol. The lowest BCUT2D eigenvalue weighted by molar-refractivity contribution is -0.122. The van der Waals surface area contributed by atoms with Gasteiger partial charge in [0.2, 0.25) is 5.91 Å². The van der Waals surface area contributed by atoms with E-state index in [9.17, 15) is 9.59 Å². The molecule has 2 heterocycles. The maximum Gasteiger partial charge on any atom is 0.339 e. The van der Waals surface area contributed by atoms with E-state index in [0.29, 0.717) is 30.5 Å². The van der Waals surface area contributed by atoms with Crippen LogP contribution in [0.15, 0.2) is 10.5 Å². The summed E-state index contributed by atoms with van der Waals surface area (Å²) in [5.74, 6) is -0.311. The van der Waals surface area contributed by atoms with Gasteiger partial charge < -0.3 is 19.6 Å². The Kier molecular flexibility index (Phi) is 5.01. The average molecular weight is 295 g/mol. The molecule has 1 aliphatic heterocycles. The summed E-state index contributed by atoms with van der Waals surface area (Å²) in [6, 6.07) is 1.44. The smallest absolute Gasteiger partial charge is 0.339 e. The fraction of sp³-hybridized carbons (Fsp3) is 0.600. The highest BCUT2D eigenvalue weighted by molar-refractivity contribution is 5.88. The first-order valence-electron chi connectivity index (χ1n) is 7.20. The van der Waals surface area contributed by atoms with Crippen LogP contribution in [0.1, 0.15) is 54.5 Å². The number of ether oxygens (including phenoxy) is 1. The number of aromatic carboxylic acids is 1. The van der Waals surface area contributed by atoms with Gasteiger partial charge in [-0.3, -0.25) is 4.79 Å². The van der Waals surface area contributed by atoms with Crippen molar-refractivity contribution in [3.63, 3.8) is 0 Å². The monoisotopic (exact) mass is 295 g/mol. The van der Waals surface area contributed by atoms with Crippen molar-refractivity contribution in [3.8, 4) is 0 Å². The Morgan fingerprint density at radius 3 is 2.76 bits per heavy atom. The second kappa shape index (κ2) is 6.76. The number of rotatable bonds is 6. The minimum absolute atomic E-state index is 0.0796. The maximum absolute atomic E-state index is 11.8. The average Bonchev–Trinajstić information content (AvgIpc) is 3.00. The van der Waals surface area contributed by atoms with Gasteiger partial charge in [0.05, 0.1) is 18.8 Å². The van der Waals surface area contributed by atoms with Crippen LogP contribution < -0.4 is 5.32 Å². The molecule has 0 aliphatic carbocycles. The predicted octanol–water partition coefficient (Wildman–Crippen LogP) is 2.25. The summed E-state index contributed by atoms with van der Waals surface area (Å²) in [5, 5.41) is 11.7. The van der Waals surface area contributed by atoms with Gasteiger partial charge in [0.25, 0.3) is 0 Å². The van der Waals surface area contributed by atoms with Crippen LogP contribution in [0.4, 0.5) is 0 Å². The second-order valence-corrected chi connectivity index (χ2v) is 5.45. The molecule has 0 bridgehead atoms. The number of carboxylic acid groups (broad SMARTS) is 1. The van der Waals surface area contributed by atoms with Crippen molar-refractivity contribution < 1.29 is 23.8 Å². The number of carbonyl (C=O) groups is 2. The van der Waals surface area contributed by atoms with Crippen LogP contribution in [0.2, 0.25) is 0 Å². The standard InChI is InChI=1S/C15H21NO5/c1-9-3-4-11(20-9)5-6-14(17)16-8-12-7-13(15(18)19)10(2)21-12/h7,9,11H,3-6,8H2,1-2H3,(H,16,17)(H,18,19). The van der Waals surface area contributed by atoms with Gasteiger partial charge in [-0.15, -0.1) is 0 Å². The molecule has 116 valence electrons. The van der Waals surface area contributed by atoms with E-state index < -0.39 is 5.97 Å². The summed E-state index contributed by atoms with van der Waals surface area (Å²) in [5.41, 5.74) is 0.132. The lowest BCUT2D eigenvalue weighted by Gasteiger charge is -2.10. The van der Waals surface area contributed by atoms with Crippen molar-refractivity contribution in [2.75, 3.05) is 0 Å². The topological polar surface area (TPSA) is 88.8 Å². The van der Waals surface area contributed by atoms with Gasteiger partial charge in [-0.25, -0.2) is 4.79 Å². The zero-order valence-corrected chi connectivity index (χ0v) is 12.3. The van der Waals surface area contributed by atoms with Gasteiger partial charge in [0.1, 0.15) is 17.1 Å². The number of hydrogen-bond donors (Lipinski definition) is 2. The molecule has 2 atom stereocenters. The molecule has 0 saturated carbocycles. The first-order chi connectivity index (χ1) is 9.95. The number of furan rings is 1. The Morgan fingerprint density at radius 1 is 1.43 bits per heavy atom. The van der Waals surface area contributed by atoms with Gasteiger partial charge in [-0.1, -0.05) is 0 Å². The van der Waals surface area contributed by atoms with Crippen LogP contribution in [0.25, 0.3) is 0 Å². The van der Waals surface area contributed by atoms with Crippen molar-refractivity contribution in [2.24, 2.45) is 0 Å². The molecule has 2 N–H and O–H groups in total. The Bertz CT molecular complexity index is 522. The van der Waals surface area contributed by atoms with Crippen LogP contribution in [0.5, 0.6) is 0 Å². The Labute approximate surface area is 123 Å². The molecule has 6 heteroatoms. The van der Waals surface area contributed by atoms with E-state index in [0.717, 1.165) is 12.8 Å². The maximum atomic E-state index is 11.8. The third-order valence-corrected chi connectivity index (χ3v) is 3.67. The summed E-state index contributed by atoms with van der Waals surface area (Å²) in [6.45, 7) is 3.83. The van der Waals surface area contributed by atoms with Crippen molar-refractivity contribution >= 4 is 11.9 Å². The van der Waals surface area contributed by atoms with Crippen LogP contribution in [0, 0.1) is 6.92 Å². The van der Waals surface area contributed by atoms with Crippen molar-refractivity contribution in [1.82, 2.24) is 5.32 Å². The fourth-order valence-corrected chi connectivity index (χ4v) is 2.51. The molecular formula is C15H21NO5. The highest BCUT2D eigenvalue weighted by Gasteiger charge is 2.22. The Balaban J connectivity index is 1.73. The van der Waals surface area contributed by atoms with E-state index in [1.807, 2.05) is 6.92 Å². The number of amides is 1. The summed E-state index contributed by atoms with van der Waals surface area (Å²) < 4.78 is 11.0. The van der Waals surface area contributed by atoms with Gasteiger partial charge in [0.15, 0.2) is 0 Å². The molecule has 1 fully saturated rings. The van der Waals surface area contributed by atoms with E-state index in [2.05, 4.69) is 5.32 Å². The molecule has 2 rings (SSSR count). The third kappa shape index (κ3) is 4.32. The number of aryl methyl sites for hydroxylation is 1. The number of hydrogen-bond acceptors (Lipinski definition) is 4. The molecule has 0 radical (unpaired) electrons. The fourth-order valence-electron chi connectivity index (χ4n) is 2.51. The van der Waals surface area contributed by atoms with E-state index in [-0.39, 0.29) is 24.1 Å². The number of carboxylic acids is 1. The largest absolute Gasteiger partial charge is 0.478 e. The van der Waals surface area contributed by atoms with Gasteiger partial charge in [0, 0.05) is 6.42 Å². The van der Waals surface area contributed by atoms with Gasteiger partial charge in [-0.05, 0) is 39.2 Å². The second-order valence-electron chi connectivity index (χ2n) is 5.45. The van der Waals surface area contributed by atoms with Crippen LogP contribution >= 0.6 is 0 Å². The molecule has 1 aliphatic rings. The Morgan fingerprint density at radius 2 is 2.19 bits per heavy atom. The number of nitrogens with one attached hydrogen (secondary N) is 1. The van der Waals surface area contributed by atoms with Crippen molar-refractivity contribution in [3.05, 3.63) is 23.2 Å². The van der Waals surface area contributed by atoms with E-state index in [1.54, 1.807) is 6.92 Å². The van der Waals surface area contributed by atoms with Gasteiger partial charge in [-0.2, -0.15) is 0 Å². The summed E-state index contributed by atoms with van der Waals surface area (Å²) in [6.07, 6.45) is 3.65. The first kappa shape index (κ1) is 15.6. The zero-order chi connectivity index (χ0) is 15.4. The first-order valence-corrected chi connectivity index (χ1v) is 7.20. The molecule has 0 aromatic carbocycles. The van der Waals surface area contributed by atoms with Crippen molar-refractivity contribution in [1.29, 1.82) is 0 Å². The van der Waals surface area contributed by atoms with Crippen molar-refractivity contribution in [2.45, 2.75) is 58.3 Å². The highest BCUT2D eigenvalue weighted by atomic mass is 16.5. The van der Waals surface area contributed by atoms with E-state index in [4.69, 9.17) is 14.3 Å². The van der Waals surface area contributed by atoms with Gasteiger partial charge >= 0.3 is 5.97 Å². The summed E-state index contributed by atoms with van der Waals surface area (Å²) in [4.78, 5) is 22.6. The molecule has 1 aromatic heterocycles. The minimum atomic E-state index is -1.03. The number of carbonyl (C=O) groups excluding carboxylic acids is 1. The van der Waals surface area contributed by atoms with Crippen LogP contribution in [-0.4, -0.2) is 29.2 Å². The predicted molar refractivity (Wildman–Crippen MR) is 75.1 cm³/mol. The summed E-state index contributed by atoms with van der Waals surface area (Å²) in [7, 11) is 0. The zero-order valence-electron chi connectivity index (χ0n) is 12.3. The lowest BCUT2D eigenvalue weighted by Crippen LogP contribution is -2.23. The lowest BCUT2D eigenvalue weighted by atomic mass is 10.1. The Hall–Kier alpha value is -1.82. The molecule has 1 saturated heterocycles. The highest BCUT2D eigenvalue weighted by Crippen LogP contribution is 2.22. The van der Waals surface area contributed by atoms with Crippen LogP contribution in [-0.2, 0) is 16.1 Å². The normalized spacial score (nSPS) is 21.4. The molecule has 1 amide bonds.